The van der Waals surface area contributed by atoms with Gasteiger partial charge in [0.05, 0.1) is 11.2 Å². The maximum Gasteiger partial charge on any atom is 0.274 e. The zero-order valence-electron chi connectivity index (χ0n) is 12.0. The van der Waals surface area contributed by atoms with Gasteiger partial charge in [0, 0.05) is 20.3 Å². The predicted octanol–water partition coefficient (Wildman–Crippen LogP) is 1.23. The average Bonchev–Trinajstić information content (AvgIpc) is 3.09. The lowest BCUT2D eigenvalue weighted by Gasteiger charge is -2.05. The fraction of sp³-hybridized carbons (Fsp3) is 0.143. The summed E-state index contributed by atoms with van der Waals surface area (Å²) in [5, 5.41) is 22.9. The van der Waals surface area contributed by atoms with Crippen molar-refractivity contribution < 1.29 is 4.79 Å². The van der Waals surface area contributed by atoms with Crippen LogP contribution in [0.3, 0.4) is 0 Å². The molecule has 0 aliphatic heterocycles. The predicted molar refractivity (Wildman–Crippen MR) is 80.6 cm³/mol. The zero-order chi connectivity index (χ0) is 15.7. The minimum absolute atomic E-state index is 0.167. The SMILES string of the molecule is CNc1ccc2ccc(C(=O)Nc3cn(C)nc3C#N)n2n1. The summed E-state index contributed by atoms with van der Waals surface area (Å²) in [4.78, 5) is 12.4. The van der Waals surface area contributed by atoms with Crippen molar-refractivity contribution in [3.8, 4) is 6.07 Å². The van der Waals surface area contributed by atoms with Crippen molar-refractivity contribution in [2.45, 2.75) is 0 Å². The van der Waals surface area contributed by atoms with Gasteiger partial charge in [-0.3, -0.25) is 9.48 Å². The number of amides is 1. The number of carbonyl (C=O) groups is 1. The molecule has 8 nitrogen and oxygen atoms in total. The molecule has 110 valence electrons. The number of anilines is 2. The van der Waals surface area contributed by atoms with Gasteiger partial charge in [-0.05, 0) is 24.3 Å². The minimum atomic E-state index is -0.356. The van der Waals surface area contributed by atoms with Crippen LogP contribution in [0.25, 0.3) is 5.52 Å². The molecule has 0 bridgehead atoms. The number of hydrogen-bond acceptors (Lipinski definition) is 5. The van der Waals surface area contributed by atoms with Crippen molar-refractivity contribution in [3.63, 3.8) is 0 Å². The van der Waals surface area contributed by atoms with Gasteiger partial charge < -0.3 is 10.6 Å². The van der Waals surface area contributed by atoms with Crippen LogP contribution >= 0.6 is 0 Å². The first kappa shape index (κ1) is 13.6. The number of rotatable bonds is 3. The van der Waals surface area contributed by atoms with Crippen LogP contribution < -0.4 is 10.6 Å². The highest BCUT2D eigenvalue weighted by molar-refractivity contribution is 6.04. The van der Waals surface area contributed by atoms with E-state index in [1.165, 1.54) is 4.68 Å². The van der Waals surface area contributed by atoms with Gasteiger partial charge in [-0.25, -0.2) is 4.52 Å². The van der Waals surface area contributed by atoms with E-state index in [1.807, 2.05) is 18.2 Å². The molecule has 3 aromatic heterocycles. The maximum atomic E-state index is 12.4. The topological polar surface area (TPSA) is 100 Å². The number of hydrogen-bond donors (Lipinski definition) is 2. The Labute approximate surface area is 126 Å². The monoisotopic (exact) mass is 295 g/mol. The number of nitrogens with one attached hydrogen (secondary N) is 2. The third-order valence-corrected chi connectivity index (χ3v) is 3.18. The van der Waals surface area contributed by atoms with Gasteiger partial charge in [-0.1, -0.05) is 0 Å². The number of fused-ring (bicyclic) bond motifs is 1. The van der Waals surface area contributed by atoms with Gasteiger partial charge in [0.25, 0.3) is 5.91 Å². The normalized spacial score (nSPS) is 10.4. The molecule has 0 aromatic carbocycles. The molecule has 0 spiro atoms. The molecule has 0 aliphatic carbocycles. The van der Waals surface area contributed by atoms with E-state index in [0.717, 1.165) is 5.52 Å². The van der Waals surface area contributed by atoms with Crippen LogP contribution in [-0.4, -0.2) is 32.3 Å². The van der Waals surface area contributed by atoms with Crippen molar-refractivity contribution in [2.24, 2.45) is 7.05 Å². The number of aromatic nitrogens is 4. The summed E-state index contributed by atoms with van der Waals surface area (Å²) >= 11 is 0. The largest absolute Gasteiger partial charge is 0.372 e. The molecule has 0 atom stereocenters. The fourth-order valence-corrected chi connectivity index (χ4v) is 2.14. The van der Waals surface area contributed by atoms with E-state index >= 15 is 0 Å². The Morgan fingerprint density at radius 2 is 2.05 bits per heavy atom. The Hall–Kier alpha value is -3.34. The van der Waals surface area contributed by atoms with Crippen molar-refractivity contribution in [2.75, 3.05) is 17.7 Å². The molecule has 0 fully saturated rings. The lowest BCUT2D eigenvalue weighted by atomic mass is 10.3. The molecule has 3 heterocycles. The second-order valence-electron chi connectivity index (χ2n) is 4.65. The molecule has 3 aromatic rings. The number of nitrogens with zero attached hydrogens (tertiary/aromatic N) is 5. The van der Waals surface area contributed by atoms with Crippen LogP contribution in [0.5, 0.6) is 0 Å². The average molecular weight is 295 g/mol. The minimum Gasteiger partial charge on any atom is -0.372 e. The molecular formula is C14H13N7O. The van der Waals surface area contributed by atoms with Crippen LogP contribution in [0.2, 0.25) is 0 Å². The Bertz CT molecular complexity index is 900. The van der Waals surface area contributed by atoms with E-state index in [-0.39, 0.29) is 11.6 Å². The first-order chi connectivity index (χ1) is 10.6. The Balaban J connectivity index is 1.97. The van der Waals surface area contributed by atoms with Gasteiger partial charge in [-0.15, -0.1) is 5.10 Å². The number of carbonyl (C=O) groups excluding carboxylic acids is 1. The highest BCUT2D eigenvalue weighted by Crippen LogP contribution is 2.16. The van der Waals surface area contributed by atoms with Crippen LogP contribution in [0.1, 0.15) is 16.2 Å². The molecule has 0 saturated carbocycles. The highest BCUT2D eigenvalue weighted by Gasteiger charge is 2.16. The number of aryl methyl sites for hydroxylation is 1. The van der Waals surface area contributed by atoms with E-state index < -0.39 is 0 Å². The third-order valence-electron chi connectivity index (χ3n) is 3.18. The molecule has 3 rings (SSSR count). The Kier molecular flexibility index (Phi) is 3.23. The second kappa shape index (κ2) is 5.21. The molecule has 2 N–H and O–H groups in total. The summed E-state index contributed by atoms with van der Waals surface area (Å²) in [6.07, 6.45) is 1.58. The third kappa shape index (κ3) is 2.25. The Morgan fingerprint density at radius 1 is 1.27 bits per heavy atom. The smallest absolute Gasteiger partial charge is 0.274 e. The van der Waals surface area contributed by atoms with E-state index in [0.29, 0.717) is 17.2 Å². The lowest BCUT2D eigenvalue weighted by molar-refractivity contribution is 0.102. The quantitative estimate of drug-likeness (QED) is 0.757. The first-order valence-corrected chi connectivity index (χ1v) is 6.54. The molecule has 0 radical (unpaired) electrons. The van der Waals surface area contributed by atoms with E-state index in [9.17, 15) is 4.79 Å². The summed E-state index contributed by atoms with van der Waals surface area (Å²) in [6, 6.07) is 9.11. The molecule has 1 amide bonds. The van der Waals surface area contributed by atoms with E-state index in [2.05, 4.69) is 20.8 Å². The summed E-state index contributed by atoms with van der Waals surface area (Å²) in [5.74, 6) is 0.294. The Morgan fingerprint density at radius 3 is 2.77 bits per heavy atom. The van der Waals surface area contributed by atoms with Gasteiger partial charge in [0.2, 0.25) is 0 Å². The zero-order valence-corrected chi connectivity index (χ0v) is 12.0. The summed E-state index contributed by atoms with van der Waals surface area (Å²) in [5.41, 5.74) is 1.71. The van der Waals surface area contributed by atoms with Gasteiger partial charge in [-0.2, -0.15) is 10.4 Å². The molecule has 0 aliphatic rings. The summed E-state index contributed by atoms with van der Waals surface area (Å²) in [6.45, 7) is 0. The van der Waals surface area contributed by atoms with Crippen molar-refractivity contribution >= 4 is 22.9 Å². The van der Waals surface area contributed by atoms with Crippen molar-refractivity contribution in [1.82, 2.24) is 19.4 Å². The van der Waals surface area contributed by atoms with Crippen LogP contribution in [-0.2, 0) is 7.05 Å². The fourth-order valence-electron chi connectivity index (χ4n) is 2.14. The molecule has 0 saturated heterocycles. The van der Waals surface area contributed by atoms with Crippen molar-refractivity contribution in [3.05, 3.63) is 41.9 Å². The number of nitriles is 1. The van der Waals surface area contributed by atoms with Crippen LogP contribution in [0.15, 0.2) is 30.5 Å². The maximum absolute atomic E-state index is 12.4. The van der Waals surface area contributed by atoms with Gasteiger partial charge >= 0.3 is 0 Å². The van der Waals surface area contributed by atoms with Crippen LogP contribution in [0.4, 0.5) is 11.5 Å². The summed E-state index contributed by atoms with van der Waals surface area (Å²) < 4.78 is 3.02. The van der Waals surface area contributed by atoms with Crippen LogP contribution in [0, 0.1) is 11.3 Å². The first-order valence-electron chi connectivity index (χ1n) is 6.54. The van der Waals surface area contributed by atoms with Crippen molar-refractivity contribution in [1.29, 1.82) is 5.26 Å². The molecule has 8 heteroatoms. The molecular weight excluding hydrogens is 282 g/mol. The van der Waals surface area contributed by atoms with E-state index in [4.69, 9.17) is 5.26 Å². The molecule has 0 unspecified atom stereocenters. The lowest BCUT2D eigenvalue weighted by Crippen LogP contribution is -2.16. The highest BCUT2D eigenvalue weighted by atomic mass is 16.2. The van der Waals surface area contributed by atoms with E-state index in [1.54, 1.807) is 36.9 Å². The molecule has 22 heavy (non-hydrogen) atoms. The van der Waals surface area contributed by atoms with Gasteiger partial charge in [0.1, 0.15) is 17.6 Å². The standard InChI is InChI=1S/C14H13N7O/c1-16-13-6-4-9-3-5-12(21(9)19-13)14(22)17-11-8-20(2)18-10(11)7-15/h3-6,8H,1-2H3,(H,16,19)(H,17,22). The second-order valence-corrected chi connectivity index (χ2v) is 4.65. The van der Waals surface area contributed by atoms with Gasteiger partial charge in [0.15, 0.2) is 5.69 Å². The summed E-state index contributed by atoms with van der Waals surface area (Å²) in [7, 11) is 3.44.